The van der Waals surface area contributed by atoms with Gasteiger partial charge in [-0.2, -0.15) is 0 Å². The molecule has 1 fully saturated rings. The van der Waals surface area contributed by atoms with Crippen LogP contribution in [-0.4, -0.2) is 43.7 Å². The summed E-state index contributed by atoms with van der Waals surface area (Å²) in [5.41, 5.74) is 10.1. The third kappa shape index (κ3) is 2.93. The molecule has 1 aliphatic heterocycles. The third-order valence-electron chi connectivity index (χ3n) is 4.64. The van der Waals surface area contributed by atoms with Crippen molar-refractivity contribution in [3.8, 4) is 0 Å². The van der Waals surface area contributed by atoms with Crippen molar-refractivity contribution in [1.29, 1.82) is 0 Å². The Labute approximate surface area is 117 Å². The lowest BCUT2D eigenvalue weighted by molar-refractivity contribution is 0.256. The van der Waals surface area contributed by atoms with Crippen LogP contribution in [0.1, 0.15) is 24.5 Å². The van der Waals surface area contributed by atoms with Gasteiger partial charge in [-0.25, -0.2) is 0 Å². The molecule has 1 aliphatic rings. The van der Waals surface area contributed by atoms with Gasteiger partial charge in [0.15, 0.2) is 0 Å². The molecule has 0 saturated carbocycles. The number of anilines is 1. The minimum atomic E-state index is 0.412. The number of likely N-dealkylation sites (N-methyl/N-ethyl adjacent to an activating group) is 1. The summed E-state index contributed by atoms with van der Waals surface area (Å²) < 4.78 is 0. The third-order valence-corrected chi connectivity index (χ3v) is 4.64. The van der Waals surface area contributed by atoms with Gasteiger partial charge in [-0.3, -0.25) is 0 Å². The molecule has 2 N–H and O–H groups in total. The van der Waals surface area contributed by atoms with E-state index in [1.165, 1.54) is 23.2 Å². The van der Waals surface area contributed by atoms with Crippen molar-refractivity contribution in [2.24, 2.45) is 5.73 Å². The van der Waals surface area contributed by atoms with Gasteiger partial charge in [-0.1, -0.05) is 12.1 Å². The Morgan fingerprint density at radius 2 is 2.05 bits per heavy atom. The topological polar surface area (TPSA) is 32.5 Å². The molecule has 3 heteroatoms. The lowest BCUT2D eigenvalue weighted by Crippen LogP contribution is -2.46. The second-order valence-electron chi connectivity index (χ2n) is 5.88. The van der Waals surface area contributed by atoms with E-state index in [9.17, 15) is 0 Å². The van der Waals surface area contributed by atoms with Crippen LogP contribution in [0.3, 0.4) is 0 Å². The Morgan fingerprint density at radius 3 is 2.74 bits per heavy atom. The number of hydrogen-bond donors (Lipinski definition) is 1. The molecular formula is C16H27N3. The average molecular weight is 261 g/mol. The molecule has 0 aromatic heterocycles. The summed E-state index contributed by atoms with van der Waals surface area (Å²) in [6.45, 7) is 9.56. The van der Waals surface area contributed by atoms with E-state index in [-0.39, 0.29) is 0 Å². The van der Waals surface area contributed by atoms with Gasteiger partial charge in [-0.15, -0.1) is 0 Å². The predicted octanol–water partition coefficient (Wildman–Crippen LogP) is 2.16. The Hall–Kier alpha value is -1.06. The van der Waals surface area contributed by atoms with Crippen LogP contribution in [0.4, 0.5) is 5.69 Å². The normalized spacial score (nSPS) is 25.4. The van der Waals surface area contributed by atoms with Gasteiger partial charge in [0.2, 0.25) is 0 Å². The summed E-state index contributed by atoms with van der Waals surface area (Å²) in [5, 5.41) is 0. The molecule has 2 atom stereocenters. The number of nitrogens with two attached hydrogens (primary N) is 1. The van der Waals surface area contributed by atoms with Gasteiger partial charge in [0.1, 0.15) is 0 Å². The first-order valence-electron chi connectivity index (χ1n) is 7.27. The summed E-state index contributed by atoms with van der Waals surface area (Å²) in [4.78, 5) is 4.95. The highest BCUT2D eigenvalue weighted by molar-refractivity contribution is 5.57. The summed E-state index contributed by atoms with van der Waals surface area (Å²) in [7, 11) is 2.21. The number of rotatable bonds is 2. The van der Waals surface area contributed by atoms with E-state index in [4.69, 9.17) is 5.73 Å². The van der Waals surface area contributed by atoms with E-state index in [2.05, 4.69) is 55.8 Å². The monoisotopic (exact) mass is 261 g/mol. The number of nitrogens with zero attached hydrogens (tertiary/aromatic N) is 2. The Morgan fingerprint density at radius 1 is 1.32 bits per heavy atom. The summed E-state index contributed by atoms with van der Waals surface area (Å²) in [6.07, 6.45) is 1.19. The quantitative estimate of drug-likeness (QED) is 0.885. The van der Waals surface area contributed by atoms with E-state index in [1.54, 1.807) is 0 Å². The van der Waals surface area contributed by atoms with Crippen LogP contribution in [0.25, 0.3) is 0 Å². The predicted molar refractivity (Wildman–Crippen MR) is 82.8 cm³/mol. The zero-order valence-electron chi connectivity index (χ0n) is 12.7. The second kappa shape index (κ2) is 5.93. The smallest absolute Gasteiger partial charge is 0.0539 e. The Balaban J connectivity index is 2.33. The number of benzene rings is 1. The van der Waals surface area contributed by atoms with Gasteiger partial charge in [0.25, 0.3) is 0 Å². The van der Waals surface area contributed by atoms with Gasteiger partial charge >= 0.3 is 0 Å². The van der Waals surface area contributed by atoms with Crippen molar-refractivity contribution in [1.82, 2.24) is 4.90 Å². The molecule has 3 nitrogen and oxygen atoms in total. The van der Waals surface area contributed by atoms with Gasteiger partial charge in [-0.05, 0) is 51.4 Å². The van der Waals surface area contributed by atoms with Gasteiger partial charge in [0, 0.05) is 31.4 Å². The van der Waals surface area contributed by atoms with Crippen molar-refractivity contribution >= 4 is 5.69 Å². The van der Waals surface area contributed by atoms with E-state index in [0.29, 0.717) is 18.6 Å². The molecule has 0 spiro atoms. The minimum absolute atomic E-state index is 0.412. The molecule has 1 saturated heterocycles. The van der Waals surface area contributed by atoms with E-state index < -0.39 is 0 Å². The molecule has 2 unspecified atom stereocenters. The number of aryl methyl sites for hydroxylation is 1. The largest absolute Gasteiger partial charge is 0.366 e. The zero-order valence-corrected chi connectivity index (χ0v) is 12.7. The van der Waals surface area contributed by atoms with Crippen LogP contribution in [0.15, 0.2) is 18.2 Å². The van der Waals surface area contributed by atoms with Crippen LogP contribution in [0.2, 0.25) is 0 Å². The first kappa shape index (κ1) is 14.4. The van der Waals surface area contributed by atoms with Crippen molar-refractivity contribution in [2.45, 2.75) is 39.3 Å². The SMILES string of the molecule is Cc1cccc(N2CCC(C)N(C)CC2CN)c1C. The first-order valence-corrected chi connectivity index (χ1v) is 7.27. The fraction of sp³-hybridized carbons (Fsp3) is 0.625. The molecule has 1 aromatic carbocycles. The molecule has 1 heterocycles. The van der Waals surface area contributed by atoms with Crippen molar-refractivity contribution in [2.75, 3.05) is 31.6 Å². The fourth-order valence-electron chi connectivity index (χ4n) is 2.91. The molecule has 1 aromatic rings. The lowest BCUT2D eigenvalue weighted by atomic mass is 10.1. The summed E-state index contributed by atoms with van der Waals surface area (Å²) in [5.74, 6) is 0. The maximum Gasteiger partial charge on any atom is 0.0539 e. The molecular weight excluding hydrogens is 234 g/mol. The fourth-order valence-corrected chi connectivity index (χ4v) is 2.91. The summed E-state index contributed by atoms with van der Waals surface area (Å²) in [6, 6.07) is 7.62. The maximum absolute atomic E-state index is 6.03. The van der Waals surface area contributed by atoms with Gasteiger partial charge in [0.05, 0.1) is 6.04 Å². The molecule has 0 amide bonds. The Bertz CT molecular complexity index is 430. The van der Waals surface area contributed by atoms with Crippen LogP contribution in [0.5, 0.6) is 0 Å². The molecule has 106 valence electrons. The second-order valence-corrected chi connectivity index (χ2v) is 5.88. The first-order chi connectivity index (χ1) is 9.04. The Kier molecular flexibility index (Phi) is 4.48. The average Bonchev–Trinajstić information content (AvgIpc) is 2.54. The van der Waals surface area contributed by atoms with Crippen LogP contribution >= 0.6 is 0 Å². The molecule has 19 heavy (non-hydrogen) atoms. The lowest BCUT2D eigenvalue weighted by Gasteiger charge is -2.33. The molecule has 0 aliphatic carbocycles. The van der Waals surface area contributed by atoms with Crippen LogP contribution in [0, 0.1) is 13.8 Å². The number of hydrogen-bond acceptors (Lipinski definition) is 3. The zero-order chi connectivity index (χ0) is 14.0. The van der Waals surface area contributed by atoms with Crippen molar-refractivity contribution < 1.29 is 0 Å². The maximum atomic E-state index is 6.03. The molecule has 2 rings (SSSR count). The van der Waals surface area contributed by atoms with E-state index in [0.717, 1.165) is 13.1 Å². The van der Waals surface area contributed by atoms with Crippen LogP contribution < -0.4 is 10.6 Å². The van der Waals surface area contributed by atoms with Gasteiger partial charge < -0.3 is 15.5 Å². The summed E-state index contributed by atoms with van der Waals surface area (Å²) >= 11 is 0. The highest BCUT2D eigenvalue weighted by Crippen LogP contribution is 2.27. The van der Waals surface area contributed by atoms with E-state index >= 15 is 0 Å². The minimum Gasteiger partial charge on any atom is -0.366 e. The molecule has 0 radical (unpaired) electrons. The van der Waals surface area contributed by atoms with Crippen molar-refractivity contribution in [3.05, 3.63) is 29.3 Å². The highest BCUT2D eigenvalue weighted by atomic mass is 15.3. The molecule has 0 bridgehead atoms. The van der Waals surface area contributed by atoms with Crippen molar-refractivity contribution in [3.63, 3.8) is 0 Å². The standard InChI is InChI=1S/C16H27N3/c1-12-6-5-7-16(14(12)3)19-9-8-13(2)18(4)11-15(19)10-17/h5-7,13,15H,8-11,17H2,1-4H3. The highest BCUT2D eigenvalue weighted by Gasteiger charge is 2.26. The van der Waals surface area contributed by atoms with Crippen LogP contribution in [-0.2, 0) is 0 Å². The van der Waals surface area contributed by atoms with E-state index in [1.807, 2.05) is 0 Å².